The van der Waals surface area contributed by atoms with Crippen LogP contribution in [-0.2, 0) is 0 Å². The molecule has 3 aromatic rings. The molecule has 0 spiro atoms. The molecule has 3 heteroatoms. The van der Waals surface area contributed by atoms with Gasteiger partial charge in [-0.25, -0.2) is 0 Å². The highest BCUT2D eigenvalue weighted by Crippen LogP contribution is 2.33. The van der Waals surface area contributed by atoms with Gasteiger partial charge < -0.3 is 9.72 Å². The zero-order chi connectivity index (χ0) is 11.8. The lowest BCUT2D eigenvalue weighted by Gasteiger charge is -2.06. The van der Waals surface area contributed by atoms with Crippen molar-refractivity contribution in [3.63, 3.8) is 0 Å². The molecule has 0 atom stereocenters. The van der Waals surface area contributed by atoms with Gasteiger partial charge in [-0.2, -0.15) is 0 Å². The first-order chi connectivity index (χ1) is 8.33. The van der Waals surface area contributed by atoms with E-state index in [2.05, 4.69) is 4.98 Å². The lowest BCUT2D eigenvalue weighted by atomic mass is 10.1. The number of benzene rings is 2. The number of nitrogens with one attached hydrogen (secondary N) is 1. The lowest BCUT2D eigenvalue weighted by molar-refractivity contribution is 0.112. The molecule has 3 nitrogen and oxygen atoms in total. The molecule has 0 radical (unpaired) electrons. The van der Waals surface area contributed by atoms with Gasteiger partial charge in [0.15, 0.2) is 6.29 Å². The number of fused-ring (bicyclic) bond motifs is 3. The molecular formula is C14H11NO2. The maximum absolute atomic E-state index is 10.8. The summed E-state index contributed by atoms with van der Waals surface area (Å²) < 4.78 is 5.37. The van der Waals surface area contributed by atoms with Gasteiger partial charge in [-0.05, 0) is 11.5 Å². The monoisotopic (exact) mass is 225 g/mol. The highest BCUT2D eigenvalue weighted by atomic mass is 16.5. The number of hydrogen-bond acceptors (Lipinski definition) is 2. The van der Waals surface area contributed by atoms with E-state index >= 15 is 0 Å². The Kier molecular flexibility index (Phi) is 2.11. The first-order valence-corrected chi connectivity index (χ1v) is 5.37. The summed E-state index contributed by atoms with van der Waals surface area (Å²) >= 11 is 0. The zero-order valence-corrected chi connectivity index (χ0v) is 9.36. The Morgan fingerprint density at radius 1 is 1.12 bits per heavy atom. The van der Waals surface area contributed by atoms with E-state index in [1.165, 1.54) is 0 Å². The van der Waals surface area contributed by atoms with Crippen LogP contribution in [0, 0.1) is 0 Å². The third-order valence-corrected chi connectivity index (χ3v) is 2.97. The molecule has 1 aromatic heterocycles. The Morgan fingerprint density at radius 2 is 1.88 bits per heavy atom. The van der Waals surface area contributed by atoms with Crippen LogP contribution in [0.5, 0.6) is 5.75 Å². The Hall–Kier alpha value is -2.29. The van der Waals surface area contributed by atoms with Gasteiger partial charge in [0.2, 0.25) is 0 Å². The van der Waals surface area contributed by atoms with Gasteiger partial charge in [0, 0.05) is 16.8 Å². The average molecular weight is 225 g/mol. The summed E-state index contributed by atoms with van der Waals surface area (Å²) in [5.41, 5.74) is 1.50. The number of carbonyl (C=O) groups excluding carboxylic acids is 1. The fourth-order valence-electron chi connectivity index (χ4n) is 2.20. The van der Waals surface area contributed by atoms with Crippen LogP contribution in [-0.4, -0.2) is 18.4 Å². The summed E-state index contributed by atoms with van der Waals surface area (Å²) in [6.07, 6.45) is 0.821. The number of methoxy groups -OCH3 is 1. The molecule has 3 rings (SSSR count). The maximum atomic E-state index is 10.8. The second kappa shape index (κ2) is 3.63. The van der Waals surface area contributed by atoms with Crippen molar-refractivity contribution in [1.29, 1.82) is 0 Å². The number of aromatic nitrogens is 1. The fourth-order valence-corrected chi connectivity index (χ4v) is 2.20. The van der Waals surface area contributed by atoms with Crippen LogP contribution in [0.2, 0.25) is 0 Å². The van der Waals surface area contributed by atoms with E-state index < -0.39 is 0 Å². The molecule has 0 amide bonds. The molecular weight excluding hydrogens is 214 g/mol. The van der Waals surface area contributed by atoms with Crippen LogP contribution in [0.15, 0.2) is 36.4 Å². The van der Waals surface area contributed by atoms with Gasteiger partial charge in [-0.3, -0.25) is 4.79 Å². The number of carbonyl (C=O) groups is 1. The fraction of sp³-hybridized carbons (Fsp3) is 0.0714. The van der Waals surface area contributed by atoms with Gasteiger partial charge in [-0.1, -0.05) is 24.3 Å². The first-order valence-electron chi connectivity index (χ1n) is 5.37. The second-order valence-corrected chi connectivity index (χ2v) is 3.93. The first kappa shape index (κ1) is 9.90. The molecule has 0 aliphatic carbocycles. The lowest BCUT2D eigenvalue weighted by Crippen LogP contribution is -1.85. The quantitative estimate of drug-likeness (QED) is 0.681. The van der Waals surface area contributed by atoms with Gasteiger partial charge in [0.1, 0.15) is 5.75 Å². The van der Waals surface area contributed by atoms with Crippen molar-refractivity contribution in [1.82, 2.24) is 4.98 Å². The number of ether oxygens (including phenoxy) is 1. The summed E-state index contributed by atoms with van der Waals surface area (Å²) in [4.78, 5) is 13.9. The van der Waals surface area contributed by atoms with Crippen LogP contribution in [0.1, 0.15) is 10.5 Å². The van der Waals surface area contributed by atoms with Crippen molar-refractivity contribution < 1.29 is 9.53 Å². The number of aldehydes is 1. The van der Waals surface area contributed by atoms with E-state index in [-0.39, 0.29) is 0 Å². The summed E-state index contributed by atoms with van der Waals surface area (Å²) in [5.74, 6) is 0.812. The standard InChI is InChI=1S/C14H11NO2/c1-17-14-7-13-12(6-9(8-16)15-13)10-4-2-3-5-11(10)14/h2-8,15H,1H3. The largest absolute Gasteiger partial charge is 0.496 e. The van der Waals surface area contributed by atoms with Gasteiger partial charge in [-0.15, -0.1) is 0 Å². The van der Waals surface area contributed by atoms with Crippen molar-refractivity contribution in [3.05, 3.63) is 42.1 Å². The molecule has 1 N–H and O–H groups in total. The summed E-state index contributed by atoms with van der Waals surface area (Å²) in [5, 5.41) is 3.19. The van der Waals surface area contributed by atoms with Gasteiger partial charge >= 0.3 is 0 Å². The smallest absolute Gasteiger partial charge is 0.166 e. The van der Waals surface area contributed by atoms with Crippen LogP contribution in [0.25, 0.3) is 21.7 Å². The van der Waals surface area contributed by atoms with Crippen molar-refractivity contribution >= 4 is 28.0 Å². The minimum absolute atomic E-state index is 0.582. The Labute approximate surface area is 98.0 Å². The maximum Gasteiger partial charge on any atom is 0.166 e. The summed E-state index contributed by atoms with van der Waals surface area (Å²) in [6.45, 7) is 0. The van der Waals surface area contributed by atoms with Crippen molar-refractivity contribution in [2.45, 2.75) is 0 Å². The average Bonchev–Trinajstić information content (AvgIpc) is 2.81. The van der Waals surface area contributed by atoms with Crippen LogP contribution in [0.3, 0.4) is 0 Å². The van der Waals surface area contributed by atoms with Crippen LogP contribution in [0.4, 0.5) is 0 Å². The van der Waals surface area contributed by atoms with E-state index in [4.69, 9.17) is 4.74 Å². The van der Waals surface area contributed by atoms with Crippen molar-refractivity contribution in [3.8, 4) is 5.75 Å². The third-order valence-electron chi connectivity index (χ3n) is 2.97. The predicted molar refractivity (Wildman–Crippen MR) is 67.7 cm³/mol. The molecule has 0 aliphatic heterocycles. The minimum Gasteiger partial charge on any atom is -0.496 e. The normalized spacial score (nSPS) is 10.9. The summed E-state index contributed by atoms with van der Waals surface area (Å²) in [7, 11) is 1.65. The summed E-state index contributed by atoms with van der Waals surface area (Å²) in [6, 6.07) is 11.8. The molecule has 0 bridgehead atoms. The number of H-pyrrole nitrogens is 1. The molecule has 0 aliphatic rings. The molecule has 0 fully saturated rings. The highest BCUT2D eigenvalue weighted by Gasteiger charge is 2.08. The predicted octanol–water partition coefficient (Wildman–Crippen LogP) is 3.14. The highest BCUT2D eigenvalue weighted by molar-refractivity contribution is 6.10. The van der Waals surface area contributed by atoms with E-state index in [1.54, 1.807) is 7.11 Å². The number of aromatic amines is 1. The molecule has 1 heterocycles. The van der Waals surface area contributed by atoms with Crippen molar-refractivity contribution in [2.24, 2.45) is 0 Å². The topological polar surface area (TPSA) is 42.1 Å². The molecule has 0 saturated carbocycles. The van der Waals surface area contributed by atoms with E-state index in [9.17, 15) is 4.79 Å². The zero-order valence-electron chi connectivity index (χ0n) is 9.36. The molecule has 0 unspecified atom stereocenters. The molecule has 2 aromatic carbocycles. The van der Waals surface area contributed by atoms with E-state index in [0.29, 0.717) is 5.69 Å². The second-order valence-electron chi connectivity index (χ2n) is 3.93. The van der Waals surface area contributed by atoms with Crippen LogP contribution < -0.4 is 4.74 Å². The van der Waals surface area contributed by atoms with Crippen molar-refractivity contribution in [2.75, 3.05) is 7.11 Å². The molecule has 17 heavy (non-hydrogen) atoms. The Morgan fingerprint density at radius 3 is 2.59 bits per heavy atom. The SMILES string of the molecule is COc1cc2[nH]c(C=O)cc2c2ccccc12. The third kappa shape index (κ3) is 1.40. The molecule has 84 valence electrons. The number of rotatable bonds is 2. The molecule has 0 saturated heterocycles. The van der Waals surface area contributed by atoms with E-state index in [0.717, 1.165) is 33.7 Å². The number of hydrogen-bond donors (Lipinski definition) is 1. The Balaban J connectivity index is 2.52. The van der Waals surface area contributed by atoms with Crippen LogP contribution >= 0.6 is 0 Å². The van der Waals surface area contributed by atoms with Gasteiger partial charge in [0.25, 0.3) is 0 Å². The van der Waals surface area contributed by atoms with Gasteiger partial charge in [0.05, 0.1) is 18.3 Å². The minimum atomic E-state index is 0.582. The Bertz CT molecular complexity index is 713. The van der Waals surface area contributed by atoms with E-state index in [1.807, 2.05) is 36.4 Å².